The number of pyridine rings is 1. The molecule has 22 heavy (non-hydrogen) atoms. The lowest BCUT2D eigenvalue weighted by Gasteiger charge is -2.20. The van der Waals surface area contributed by atoms with Crippen molar-refractivity contribution in [2.75, 3.05) is 12.0 Å². The van der Waals surface area contributed by atoms with Crippen LogP contribution in [0.3, 0.4) is 0 Å². The third-order valence-corrected chi connectivity index (χ3v) is 5.10. The number of ether oxygens (including phenoxy) is 1. The fourth-order valence-electron chi connectivity index (χ4n) is 2.97. The predicted molar refractivity (Wildman–Crippen MR) is 87.4 cm³/mol. The Balaban J connectivity index is 1.80. The summed E-state index contributed by atoms with van der Waals surface area (Å²) in [6.07, 6.45) is 4.23. The van der Waals surface area contributed by atoms with Crippen molar-refractivity contribution in [2.24, 2.45) is 0 Å². The molecule has 0 saturated heterocycles. The van der Waals surface area contributed by atoms with E-state index in [0.717, 1.165) is 30.0 Å². The molecule has 6 heteroatoms. The van der Waals surface area contributed by atoms with Crippen LogP contribution in [0.4, 0.5) is 5.69 Å². The third-order valence-electron chi connectivity index (χ3n) is 4.24. The second-order valence-electron chi connectivity index (χ2n) is 5.72. The monoisotopic (exact) mass is 314 g/mol. The molecule has 114 valence electrons. The van der Waals surface area contributed by atoms with Gasteiger partial charge in [0.1, 0.15) is 5.65 Å². The molecule has 3 aromatic heterocycles. The van der Waals surface area contributed by atoms with Crippen LogP contribution in [0.5, 0.6) is 0 Å². The van der Waals surface area contributed by atoms with Gasteiger partial charge in [-0.15, -0.1) is 11.3 Å². The molecule has 0 aliphatic carbocycles. The van der Waals surface area contributed by atoms with Crippen molar-refractivity contribution in [1.29, 1.82) is 0 Å². The van der Waals surface area contributed by atoms with E-state index in [1.165, 1.54) is 16.3 Å². The number of aromatic nitrogens is 3. The Labute approximate surface area is 133 Å². The number of thiazole rings is 1. The van der Waals surface area contributed by atoms with Crippen LogP contribution in [0.15, 0.2) is 24.0 Å². The summed E-state index contributed by atoms with van der Waals surface area (Å²) in [5.41, 5.74) is 7.44. The van der Waals surface area contributed by atoms with Crippen molar-refractivity contribution >= 4 is 22.7 Å². The topological polar surface area (TPSA) is 42.7 Å². The minimum atomic E-state index is 0.0130. The molecule has 4 rings (SSSR count). The molecular formula is C16H18N4OS. The Kier molecular flexibility index (Phi) is 3.16. The first-order chi connectivity index (χ1) is 10.7. The van der Waals surface area contributed by atoms with Gasteiger partial charge < -0.3 is 14.0 Å². The predicted octanol–water partition coefficient (Wildman–Crippen LogP) is 3.33. The molecule has 0 saturated carbocycles. The number of imidazole rings is 1. The largest absolute Gasteiger partial charge is 0.377 e. The molecule has 0 radical (unpaired) electrons. The maximum Gasteiger partial charge on any atom is 0.142 e. The van der Waals surface area contributed by atoms with Crippen LogP contribution in [-0.4, -0.2) is 21.5 Å². The Bertz CT molecular complexity index is 817. The lowest BCUT2D eigenvalue weighted by Crippen LogP contribution is -2.16. The van der Waals surface area contributed by atoms with Gasteiger partial charge in [0.25, 0.3) is 0 Å². The van der Waals surface area contributed by atoms with E-state index in [-0.39, 0.29) is 6.10 Å². The number of nitrogens with zero attached hydrogens (tertiary/aromatic N) is 4. The van der Waals surface area contributed by atoms with E-state index in [1.807, 2.05) is 12.4 Å². The van der Waals surface area contributed by atoms with Crippen molar-refractivity contribution in [3.63, 3.8) is 0 Å². The van der Waals surface area contributed by atoms with E-state index < -0.39 is 0 Å². The lowest BCUT2D eigenvalue weighted by atomic mass is 10.1. The van der Waals surface area contributed by atoms with Gasteiger partial charge in [0.2, 0.25) is 0 Å². The molecule has 4 heterocycles. The zero-order valence-corrected chi connectivity index (χ0v) is 13.7. The number of rotatable bonds is 3. The summed E-state index contributed by atoms with van der Waals surface area (Å²) in [5.74, 6) is 0. The number of fused-ring (bicyclic) bond motifs is 2. The molecule has 3 aromatic rings. The highest BCUT2D eigenvalue weighted by Gasteiger charge is 2.23. The van der Waals surface area contributed by atoms with Gasteiger partial charge in [-0.05, 0) is 19.9 Å². The molecule has 5 nitrogen and oxygen atoms in total. The van der Waals surface area contributed by atoms with Crippen molar-refractivity contribution in [3.8, 4) is 0 Å². The summed E-state index contributed by atoms with van der Waals surface area (Å²) in [6.45, 7) is 5.88. The molecule has 0 unspecified atom stereocenters. The average Bonchev–Trinajstić information content (AvgIpc) is 3.17. The second-order valence-corrected chi connectivity index (χ2v) is 6.66. The van der Waals surface area contributed by atoms with E-state index in [1.54, 1.807) is 18.4 Å². The van der Waals surface area contributed by atoms with Crippen LogP contribution in [-0.2, 0) is 17.8 Å². The first-order valence-electron chi connectivity index (χ1n) is 7.34. The van der Waals surface area contributed by atoms with Crippen molar-refractivity contribution < 1.29 is 4.74 Å². The van der Waals surface area contributed by atoms with Gasteiger partial charge in [-0.2, -0.15) is 0 Å². The van der Waals surface area contributed by atoms with Crippen molar-refractivity contribution in [3.05, 3.63) is 45.8 Å². The first-order valence-corrected chi connectivity index (χ1v) is 8.22. The van der Waals surface area contributed by atoms with Crippen LogP contribution >= 0.6 is 11.3 Å². The summed E-state index contributed by atoms with van der Waals surface area (Å²) < 4.78 is 7.64. The quantitative estimate of drug-likeness (QED) is 0.744. The van der Waals surface area contributed by atoms with Gasteiger partial charge in [-0.25, -0.2) is 9.97 Å². The smallest absolute Gasteiger partial charge is 0.142 e. The summed E-state index contributed by atoms with van der Waals surface area (Å²) >= 11 is 1.74. The number of methoxy groups -OCH3 is 1. The third kappa shape index (κ3) is 2.10. The van der Waals surface area contributed by atoms with E-state index in [4.69, 9.17) is 4.74 Å². The normalized spacial score (nSPS) is 15.5. The van der Waals surface area contributed by atoms with Crippen molar-refractivity contribution in [1.82, 2.24) is 14.4 Å². The number of hydrogen-bond acceptors (Lipinski definition) is 5. The molecule has 1 aliphatic rings. The number of aryl methyl sites for hydroxylation is 1. The molecule has 0 amide bonds. The first kappa shape index (κ1) is 13.7. The minimum absolute atomic E-state index is 0.0130. The molecule has 1 atom stereocenters. The van der Waals surface area contributed by atoms with Crippen LogP contribution < -0.4 is 4.90 Å². The Morgan fingerprint density at radius 1 is 1.32 bits per heavy atom. The SMILES string of the molecule is CO[C@H](C)c1cc(N2Cc3ncsc3C2)cn2cc(C)nc12. The standard InChI is InChI=1S/C16H18N4OS/c1-10-5-20-6-12(4-13(11(2)21-3)16(20)18-10)19-7-14-15(8-19)22-9-17-14/h4-6,9,11H,7-8H2,1-3H3/t11-/m1/s1. The van der Waals surface area contributed by atoms with Gasteiger partial charge in [-0.1, -0.05) is 0 Å². The van der Waals surface area contributed by atoms with E-state index in [9.17, 15) is 0 Å². The summed E-state index contributed by atoms with van der Waals surface area (Å²) in [6, 6.07) is 2.20. The van der Waals surface area contributed by atoms with Crippen LogP contribution in [0.2, 0.25) is 0 Å². The maximum absolute atomic E-state index is 5.54. The highest BCUT2D eigenvalue weighted by molar-refractivity contribution is 7.09. The molecule has 0 aromatic carbocycles. The van der Waals surface area contributed by atoms with Gasteiger partial charge in [0.15, 0.2) is 0 Å². The maximum atomic E-state index is 5.54. The Morgan fingerprint density at radius 3 is 2.95 bits per heavy atom. The average molecular weight is 314 g/mol. The Morgan fingerprint density at radius 2 is 2.18 bits per heavy atom. The van der Waals surface area contributed by atoms with Crippen LogP contribution in [0.25, 0.3) is 5.65 Å². The highest BCUT2D eigenvalue weighted by atomic mass is 32.1. The molecule has 0 N–H and O–H groups in total. The van der Waals surface area contributed by atoms with Crippen LogP contribution in [0, 0.1) is 6.92 Å². The summed E-state index contributed by atoms with van der Waals surface area (Å²) in [4.78, 5) is 12.8. The summed E-state index contributed by atoms with van der Waals surface area (Å²) in [5, 5.41) is 0. The van der Waals surface area contributed by atoms with E-state index in [2.05, 4.69) is 44.7 Å². The fourth-order valence-corrected chi connectivity index (χ4v) is 3.77. The fraction of sp³-hybridized carbons (Fsp3) is 0.375. The summed E-state index contributed by atoms with van der Waals surface area (Å²) in [7, 11) is 1.74. The highest BCUT2D eigenvalue weighted by Crippen LogP contribution is 2.33. The second kappa shape index (κ2) is 5.07. The molecule has 0 bridgehead atoms. The zero-order chi connectivity index (χ0) is 15.3. The molecule has 0 spiro atoms. The lowest BCUT2D eigenvalue weighted by molar-refractivity contribution is 0.120. The van der Waals surface area contributed by atoms with Crippen molar-refractivity contribution in [2.45, 2.75) is 33.0 Å². The van der Waals surface area contributed by atoms with Gasteiger partial charge in [0, 0.05) is 29.9 Å². The van der Waals surface area contributed by atoms with Gasteiger partial charge in [0.05, 0.1) is 41.8 Å². The van der Waals surface area contributed by atoms with Crippen LogP contribution in [0.1, 0.15) is 34.9 Å². The zero-order valence-electron chi connectivity index (χ0n) is 12.9. The van der Waals surface area contributed by atoms with E-state index in [0.29, 0.717) is 0 Å². The number of hydrogen-bond donors (Lipinski definition) is 0. The minimum Gasteiger partial charge on any atom is -0.377 e. The number of anilines is 1. The molecular weight excluding hydrogens is 296 g/mol. The molecule has 1 aliphatic heterocycles. The molecule has 0 fully saturated rings. The van der Waals surface area contributed by atoms with E-state index >= 15 is 0 Å². The Hall–Kier alpha value is -1.92. The van der Waals surface area contributed by atoms with Gasteiger partial charge >= 0.3 is 0 Å². The van der Waals surface area contributed by atoms with Gasteiger partial charge in [-0.3, -0.25) is 0 Å².